The van der Waals surface area contributed by atoms with E-state index in [1.807, 2.05) is 0 Å². The highest BCUT2D eigenvalue weighted by Crippen LogP contribution is 1.69. The average Bonchev–Trinajstić information content (AvgIpc) is 1.61. The van der Waals surface area contributed by atoms with Gasteiger partial charge in [0.05, 0.1) is 0 Å². The second kappa shape index (κ2) is 4.21. The van der Waals surface area contributed by atoms with Crippen LogP contribution in [0.2, 0.25) is 0 Å². The van der Waals surface area contributed by atoms with E-state index in [0.29, 0.717) is 6.61 Å². The van der Waals surface area contributed by atoms with Crippen LogP contribution >= 0.6 is 0 Å². The topological polar surface area (TPSA) is 21.6 Å². The molecule has 0 saturated heterocycles. The molecule has 0 rings (SSSR count). The zero-order valence-corrected chi connectivity index (χ0v) is 3.55. The predicted molar refractivity (Wildman–Crippen MR) is 25.7 cm³/mol. The SMILES string of the molecule is C=CCON=C. The van der Waals surface area contributed by atoms with Gasteiger partial charge in [0.25, 0.3) is 0 Å². The van der Waals surface area contributed by atoms with E-state index in [0.717, 1.165) is 0 Å². The molecule has 6 heavy (non-hydrogen) atoms. The Hall–Kier alpha value is -0.790. The van der Waals surface area contributed by atoms with E-state index in [2.05, 4.69) is 23.3 Å². The van der Waals surface area contributed by atoms with E-state index in [-0.39, 0.29) is 0 Å². The maximum atomic E-state index is 4.38. The first kappa shape index (κ1) is 5.21. The lowest BCUT2D eigenvalue weighted by Gasteiger charge is -1.84. The molecule has 0 heterocycles. The maximum Gasteiger partial charge on any atom is 0.135 e. The Morgan fingerprint density at radius 3 is 2.67 bits per heavy atom. The molecule has 0 N–H and O–H groups in total. The van der Waals surface area contributed by atoms with Crippen LogP contribution in [0.1, 0.15) is 0 Å². The summed E-state index contributed by atoms with van der Waals surface area (Å²) in [7, 11) is 0. The lowest BCUT2D eigenvalue weighted by molar-refractivity contribution is 0.178. The minimum absolute atomic E-state index is 0.448. The molecule has 2 nitrogen and oxygen atoms in total. The molecule has 0 aliphatic rings. The van der Waals surface area contributed by atoms with E-state index in [1.165, 1.54) is 0 Å². The molecule has 0 aromatic heterocycles. The first-order chi connectivity index (χ1) is 2.91. The van der Waals surface area contributed by atoms with Gasteiger partial charge in [0.15, 0.2) is 0 Å². The van der Waals surface area contributed by atoms with E-state index in [9.17, 15) is 0 Å². The number of hydrogen-bond donors (Lipinski definition) is 0. The molecule has 0 spiro atoms. The largest absolute Gasteiger partial charge is 0.392 e. The van der Waals surface area contributed by atoms with Gasteiger partial charge in [-0.15, -0.1) is 5.16 Å². The van der Waals surface area contributed by atoms with Crippen LogP contribution in [0.15, 0.2) is 17.8 Å². The summed E-state index contributed by atoms with van der Waals surface area (Å²) in [6.07, 6.45) is 1.61. The average molecular weight is 85.1 g/mol. The van der Waals surface area contributed by atoms with Crippen LogP contribution < -0.4 is 0 Å². The molecule has 0 atom stereocenters. The molecule has 0 radical (unpaired) electrons. The van der Waals surface area contributed by atoms with Crippen molar-refractivity contribution < 1.29 is 4.84 Å². The van der Waals surface area contributed by atoms with Gasteiger partial charge in [-0.2, -0.15) is 0 Å². The third-order valence-corrected chi connectivity index (χ3v) is 0.284. The number of nitrogens with zero attached hydrogens (tertiary/aromatic N) is 1. The molecule has 0 aromatic carbocycles. The van der Waals surface area contributed by atoms with Crippen LogP contribution in [0.5, 0.6) is 0 Å². The van der Waals surface area contributed by atoms with Crippen molar-refractivity contribution in [1.82, 2.24) is 0 Å². The van der Waals surface area contributed by atoms with Gasteiger partial charge in [-0.1, -0.05) is 12.7 Å². The van der Waals surface area contributed by atoms with Crippen LogP contribution in [0.3, 0.4) is 0 Å². The second-order valence-electron chi connectivity index (χ2n) is 0.714. The van der Waals surface area contributed by atoms with Gasteiger partial charge < -0.3 is 4.84 Å². The highest BCUT2D eigenvalue weighted by atomic mass is 16.6. The van der Waals surface area contributed by atoms with Crippen LogP contribution in [-0.2, 0) is 4.84 Å². The minimum atomic E-state index is 0.448. The normalized spacial score (nSPS) is 6.67. The Kier molecular flexibility index (Phi) is 3.66. The highest BCUT2D eigenvalue weighted by Gasteiger charge is 1.62. The molecule has 0 amide bonds. The molecule has 0 saturated carbocycles. The smallest absolute Gasteiger partial charge is 0.135 e. The van der Waals surface area contributed by atoms with Gasteiger partial charge in [0.2, 0.25) is 0 Å². The number of rotatable bonds is 3. The first-order valence-electron chi connectivity index (χ1n) is 1.60. The summed E-state index contributed by atoms with van der Waals surface area (Å²) >= 11 is 0. The van der Waals surface area contributed by atoms with Crippen LogP contribution in [0.25, 0.3) is 0 Å². The van der Waals surface area contributed by atoms with Crippen LogP contribution in [-0.4, -0.2) is 13.3 Å². The molecular weight excluding hydrogens is 78.0 g/mol. The highest BCUT2D eigenvalue weighted by molar-refractivity contribution is 5.21. The lowest BCUT2D eigenvalue weighted by atomic mass is 10.7. The molecule has 0 bridgehead atoms. The predicted octanol–water partition coefficient (Wildman–Crippen LogP) is 0.805. The fourth-order valence-electron chi connectivity index (χ4n) is 0.105. The molecule has 0 fully saturated rings. The first-order valence-corrected chi connectivity index (χ1v) is 1.60. The van der Waals surface area contributed by atoms with Gasteiger partial charge in [-0.05, 0) is 0 Å². The standard InChI is InChI=1S/C4H7NO/c1-3-4-6-5-2/h3H,1-2,4H2. The summed E-state index contributed by atoms with van der Waals surface area (Å²) in [6, 6.07) is 0. The number of hydrogen-bond acceptors (Lipinski definition) is 2. The van der Waals surface area contributed by atoms with Gasteiger partial charge >= 0.3 is 0 Å². The maximum absolute atomic E-state index is 4.38. The molecule has 34 valence electrons. The van der Waals surface area contributed by atoms with Crippen LogP contribution in [0, 0.1) is 0 Å². The summed E-state index contributed by atoms with van der Waals surface area (Å²) < 4.78 is 0. The molecule has 2 heteroatoms. The van der Waals surface area contributed by atoms with Gasteiger partial charge in [-0.25, -0.2) is 0 Å². The Bertz CT molecular complexity index is 43.5. The summed E-state index contributed by atoms with van der Waals surface area (Å²) in [5.41, 5.74) is 0. The lowest BCUT2D eigenvalue weighted by Crippen LogP contribution is -1.75. The monoisotopic (exact) mass is 85.1 g/mol. The van der Waals surface area contributed by atoms with E-state index < -0.39 is 0 Å². The second-order valence-corrected chi connectivity index (χ2v) is 0.714. The Morgan fingerprint density at radius 2 is 2.50 bits per heavy atom. The summed E-state index contributed by atoms with van der Waals surface area (Å²) in [6.45, 7) is 6.91. The van der Waals surface area contributed by atoms with Gasteiger partial charge in [0.1, 0.15) is 6.61 Å². The molecule has 0 aliphatic carbocycles. The third kappa shape index (κ3) is 3.21. The Labute approximate surface area is 37.1 Å². The Morgan fingerprint density at radius 1 is 1.83 bits per heavy atom. The van der Waals surface area contributed by atoms with Crippen molar-refractivity contribution in [2.75, 3.05) is 6.61 Å². The van der Waals surface area contributed by atoms with E-state index >= 15 is 0 Å². The fourth-order valence-corrected chi connectivity index (χ4v) is 0.105. The van der Waals surface area contributed by atoms with Crippen molar-refractivity contribution in [1.29, 1.82) is 0 Å². The van der Waals surface area contributed by atoms with Crippen molar-refractivity contribution in [3.63, 3.8) is 0 Å². The van der Waals surface area contributed by atoms with Crippen molar-refractivity contribution in [2.45, 2.75) is 0 Å². The number of oxime groups is 1. The van der Waals surface area contributed by atoms with E-state index in [1.54, 1.807) is 6.08 Å². The van der Waals surface area contributed by atoms with Gasteiger partial charge in [0, 0.05) is 6.72 Å². The van der Waals surface area contributed by atoms with Crippen LogP contribution in [0.4, 0.5) is 0 Å². The van der Waals surface area contributed by atoms with Crippen molar-refractivity contribution >= 4 is 6.72 Å². The zero-order valence-electron chi connectivity index (χ0n) is 3.55. The molecule has 0 unspecified atom stereocenters. The fraction of sp³-hybridized carbons (Fsp3) is 0.250. The molecule has 0 aliphatic heterocycles. The third-order valence-electron chi connectivity index (χ3n) is 0.284. The summed E-state index contributed by atoms with van der Waals surface area (Å²) in [5, 5.41) is 3.10. The summed E-state index contributed by atoms with van der Waals surface area (Å²) in [4.78, 5) is 4.38. The quantitative estimate of drug-likeness (QED) is 0.215. The van der Waals surface area contributed by atoms with Crippen molar-refractivity contribution in [2.24, 2.45) is 5.16 Å². The Balaban J connectivity index is 2.66. The molecule has 0 aromatic rings. The molecular formula is C4H7NO. The van der Waals surface area contributed by atoms with Gasteiger partial charge in [-0.3, -0.25) is 0 Å². The summed E-state index contributed by atoms with van der Waals surface area (Å²) in [5.74, 6) is 0. The minimum Gasteiger partial charge on any atom is -0.392 e. The van der Waals surface area contributed by atoms with E-state index in [4.69, 9.17) is 0 Å². The van der Waals surface area contributed by atoms with Crippen molar-refractivity contribution in [3.05, 3.63) is 12.7 Å². The van der Waals surface area contributed by atoms with Crippen molar-refractivity contribution in [3.8, 4) is 0 Å². The zero-order chi connectivity index (χ0) is 4.83.